The molecule has 0 saturated carbocycles. The molecular formula is C35H25N2OP. The molecule has 1 unspecified atom stereocenters. The number of hydrogen-bond acceptors (Lipinski definition) is 3. The van der Waals surface area contributed by atoms with Crippen LogP contribution in [0.25, 0.3) is 21.9 Å². The standard InChI is InChI=1S/C35H25N2OP/c38-39(25-13-3-1-4-14-25,26-15-5-2-6-16-26)34-21-11-12-24-22-30-29(23-28(24)34)27-17-7-9-19-32(27)37-33-20-10-8-18-31(33)36-35(30)37/h1-23,35-36H. The number of para-hydroxylation sites is 3. The van der Waals surface area contributed by atoms with Gasteiger partial charge in [0.1, 0.15) is 6.17 Å². The van der Waals surface area contributed by atoms with Crippen LogP contribution in [0.1, 0.15) is 11.7 Å². The summed E-state index contributed by atoms with van der Waals surface area (Å²) in [6.07, 6.45) is -0.00425. The summed E-state index contributed by atoms with van der Waals surface area (Å²) in [6.45, 7) is 0. The van der Waals surface area contributed by atoms with Gasteiger partial charge in [0.05, 0.1) is 17.1 Å². The fourth-order valence-corrected chi connectivity index (χ4v) is 9.18. The molecule has 2 heterocycles. The maximum absolute atomic E-state index is 15.4. The van der Waals surface area contributed by atoms with Crippen molar-refractivity contribution in [2.24, 2.45) is 0 Å². The lowest BCUT2D eigenvalue weighted by Gasteiger charge is -2.35. The smallest absolute Gasteiger partial charge is 0.171 e. The molecule has 0 spiro atoms. The van der Waals surface area contributed by atoms with Crippen molar-refractivity contribution < 1.29 is 4.57 Å². The number of anilines is 3. The molecule has 0 saturated heterocycles. The molecule has 6 aromatic rings. The van der Waals surface area contributed by atoms with Crippen LogP contribution in [0, 0.1) is 0 Å². The van der Waals surface area contributed by atoms with E-state index in [1.165, 1.54) is 28.1 Å². The Morgan fingerprint density at radius 3 is 1.97 bits per heavy atom. The Labute approximate surface area is 227 Å². The normalized spacial score (nSPS) is 15.2. The molecular weight excluding hydrogens is 495 g/mol. The molecule has 8 rings (SSSR count). The van der Waals surface area contributed by atoms with Crippen molar-refractivity contribution in [3.63, 3.8) is 0 Å². The van der Waals surface area contributed by atoms with Crippen molar-refractivity contribution in [3.8, 4) is 11.1 Å². The van der Waals surface area contributed by atoms with E-state index >= 15 is 4.57 Å². The Balaban J connectivity index is 1.42. The highest BCUT2D eigenvalue weighted by Crippen LogP contribution is 2.55. The maximum atomic E-state index is 15.4. The first-order chi connectivity index (χ1) is 19.2. The van der Waals surface area contributed by atoms with E-state index in [2.05, 4.69) is 83.0 Å². The average Bonchev–Trinajstić information content (AvgIpc) is 3.41. The predicted octanol–water partition coefficient (Wildman–Crippen LogP) is 7.72. The number of nitrogens with zero attached hydrogens (tertiary/aromatic N) is 1. The Hall–Kier alpha value is -4.59. The number of nitrogens with one attached hydrogen (secondary N) is 1. The molecule has 0 aliphatic carbocycles. The van der Waals surface area contributed by atoms with Crippen molar-refractivity contribution in [2.45, 2.75) is 6.17 Å². The van der Waals surface area contributed by atoms with Gasteiger partial charge in [0.25, 0.3) is 0 Å². The SMILES string of the molecule is O=P(c1ccccc1)(c1ccccc1)c1cccc2cc3c(cc12)-c1ccccc1N1c2ccccc2NC31. The zero-order valence-corrected chi connectivity index (χ0v) is 22.1. The molecule has 1 atom stereocenters. The second kappa shape index (κ2) is 8.46. The zero-order valence-electron chi connectivity index (χ0n) is 21.2. The van der Waals surface area contributed by atoms with E-state index in [9.17, 15) is 0 Å². The van der Waals surface area contributed by atoms with Crippen LogP contribution < -0.4 is 26.1 Å². The minimum Gasteiger partial charge on any atom is -0.359 e. The highest BCUT2D eigenvalue weighted by Gasteiger charge is 2.38. The van der Waals surface area contributed by atoms with Crippen molar-refractivity contribution >= 4 is 50.9 Å². The molecule has 0 bridgehead atoms. The number of hydrogen-bond donors (Lipinski definition) is 1. The molecule has 0 fully saturated rings. The summed E-state index contributed by atoms with van der Waals surface area (Å²) in [5.41, 5.74) is 7.10. The molecule has 4 heteroatoms. The van der Waals surface area contributed by atoms with Crippen LogP contribution in [-0.4, -0.2) is 0 Å². The second-order valence-electron chi connectivity index (χ2n) is 10.2. The van der Waals surface area contributed by atoms with Gasteiger partial charge in [0.15, 0.2) is 7.14 Å². The number of benzene rings is 6. The number of rotatable bonds is 3. The van der Waals surface area contributed by atoms with E-state index in [4.69, 9.17) is 0 Å². The van der Waals surface area contributed by atoms with Gasteiger partial charge in [-0.2, -0.15) is 0 Å². The second-order valence-corrected chi connectivity index (χ2v) is 12.9. The zero-order chi connectivity index (χ0) is 26.0. The van der Waals surface area contributed by atoms with Crippen LogP contribution >= 0.6 is 7.14 Å². The molecule has 2 aliphatic heterocycles. The lowest BCUT2D eigenvalue weighted by molar-refractivity contribution is 0.592. The van der Waals surface area contributed by atoms with Gasteiger partial charge in [-0.1, -0.05) is 109 Å². The quantitative estimate of drug-likeness (QED) is 0.243. The molecule has 6 aromatic carbocycles. The molecule has 186 valence electrons. The van der Waals surface area contributed by atoms with Gasteiger partial charge in [-0.05, 0) is 46.7 Å². The largest absolute Gasteiger partial charge is 0.359 e. The van der Waals surface area contributed by atoms with Crippen LogP contribution in [0.2, 0.25) is 0 Å². The third-order valence-corrected chi connectivity index (χ3v) is 11.2. The van der Waals surface area contributed by atoms with Crippen LogP contribution in [0.3, 0.4) is 0 Å². The first-order valence-corrected chi connectivity index (χ1v) is 15.0. The highest BCUT2D eigenvalue weighted by atomic mass is 31.2. The predicted molar refractivity (Wildman–Crippen MR) is 164 cm³/mol. The van der Waals surface area contributed by atoms with Crippen LogP contribution in [0.4, 0.5) is 17.1 Å². The van der Waals surface area contributed by atoms with E-state index in [1.807, 2.05) is 66.7 Å². The molecule has 2 aliphatic rings. The van der Waals surface area contributed by atoms with E-state index in [1.54, 1.807) is 0 Å². The summed E-state index contributed by atoms with van der Waals surface area (Å²) in [6, 6.07) is 47.8. The van der Waals surface area contributed by atoms with Crippen molar-refractivity contribution in [2.75, 3.05) is 10.2 Å². The number of fused-ring (bicyclic) bond motifs is 9. The minimum absolute atomic E-state index is 0.00425. The topological polar surface area (TPSA) is 32.3 Å². The molecule has 0 aromatic heterocycles. The lowest BCUT2D eigenvalue weighted by atomic mass is 9.89. The van der Waals surface area contributed by atoms with E-state index in [0.717, 1.165) is 32.4 Å². The Bertz CT molecular complexity index is 1890. The lowest BCUT2D eigenvalue weighted by Crippen LogP contribution is -2.28. The molecule has 0 amide bonds. The summed E-state index contributed by atoms with van der Waals surface area (Å²) in [7, 11) is -3.14. The molecule has 39 heavy (non-hydrogen) atoms. The van der Waals surface area contributed by atoms with Crippen LogP contribution in [0.5, 0.6) is 0 Å². The summed E-state index contributed by atoms with van der Waals surface area (Å²) in [4.78, 5) is 2.40. The first kappa shape index (κ1) is 22.4. The minimum atomic E-state index is -3.14. The molecule has 1 N–H and O–H groups in total. The van der Waals surface area contributed by atoms with Gasteiger partial charge < -0.3 is 14.8 Å². The maximum Gasteiger partial charge on any atom is 0.171 e. The van der Waals surface area contributed by atoms with Gasteiger partial charge in [-0.3, -0.25) is 0 Å². The van der Waals surface area contributed by atoms with E-state index in [-0.39, 0.29) is 6.17 Å². The summed E-state index contributed by atoms with van der Waals surface area (Å²) < 4.78 is 15.4. The molecule has 3 nitrogen and oxygen atoms in total. The average molecular weight is 521 g/mol. The Morgan fingerprint density at radius 1 is 0.590 bits per heavy atom. The van der Waals surface area contributed by atoms with Crippen molar-refractivity contribution in [3.05, 3.63) is 145 Å². The van der Waals surface area contributed by atoms with Gasteiger partial charge in [-0.25, -0.2) is 0 Å². The summed E-state index contributed by atoms with van der Waals surface area (Å²) >= 11 is 0. The summed E-state index contributed by atoms with van der Waals surface area (Å²) in [5, 5.41) is 8.47. The van der Waals surface area contributed by atoms with Crippen molar-refractivity contribution in [1.82, 2.24) is 0 Å². The van der Waals surface area contributed by atoms with Crippen LogP contribution in [0.15, 0.2) is 140 Å². The van der Waals surface area contributed by atoms with Gasteiger partial charge >= 0.3 is 0 Å². The summed E-state index contributed by atoms with van der Waals surface area (Å²) in [5.74, 6) is 0. The van der Waals surface area contributed by atoms with Crippen molar-refractivity contribution in [1.29, 1.82) is 0 Å². The highest BCUT2D eigenvalue weighted by molar-refractivity contribution is 7.85. The first-order valence-electron chi connectivity index (χ1n) is 13.3. The fraction of sp³-hybridized carbons (Fsp3) is 0.0286. The monoisotopic (exact) mass is 520 g/mol. The van der Waals surface area contributed by atoms with Gasteiger partial charge in [-0.15, -0.1) is 0 Å². The van der Waals surface area contributed by atoms with Gasteiger partial charge in [0.2, 0.25) is 0 Å². The third-order valence-electron chi connectivity index (χ3n) is 8.07. The van der Waals surface area contributed by atoms with E-state index in [0.29, 0.717) is 0 Å². The third kappa shape index (κ3) is 3.21. The van der Waals surface area contributed by atoms with Crippen LogP contribution in [-0.2, 0) is 4.57 Å². The Morgan fingerprint density at radius 2 is 1.23 bits per heavy atom. The van der Waals surface area contributed by atoms with Gasteiger partial charge in [0, 0.05) is 27.0 Å². The Kier molecular flexibility index (Phi) is 4.86. The molecule has 0 radical (unpaired) electrons. The fourth-order valence-electron chi connectivity index (χ4n) is 6.32. The van der Waals surface area contributed by atoms with E-state index < -0.39 is 7.14 Å².